The number of piperazine rings is 1. The van der Waals surface area contributed by atoms with Crippen LogP contribution in [0.1, 0.15) is 11.5 Å². The Labute approximate surface area is 168 Å². The van der Waals surface area contributed by atoms with Crippen molar-refractivity contribution in [2.24, 2.45) is 0 Å². The fraction of sp³-hybridized carbons (Fsp3) is 0.471. The molecular weight excluding hydrogens is 413 g/mol. The maximum absolute atomic E-state index is 12.8. The number of aromatic nitrogens is 1. The molecule has 1 fully saturated rings. The van der Waals surface area contributed by atoms with Gasteiger partial charge in [0.2, 0.25) is 10.0 Å². The summed E-state index contributed by atoms with van der Waals surface area (Å²) in [7, 11) is -3.59. The van der Waals surface area contributed by atoms with E-state index in [1.807, 2.05) is 0 Å². The number of hydrogen-bond acceptors (Lipinski definition) is 6. The second-order valence-electron chi connectivity index (χ2n) is 6.32. The molecule has 0 unspecified atom stereocenters. The molecule has 0 radical (unpaired) electrons. The van der Waals surface area contributed by atoms with Gasteiger partial charge in [0.1, 0.15) is 22.9 Å². The maximum Gasteiger partial charge on any atom is 0.248 e. The monoisotopic (exact) mass is 433 g/mol. The van der Waals surface area contributed by atoms with Crippen LogP contribution in [0.3, 0.4) is 0 Å². The van der Waals surface area contributed by atoms with E-state index in [1.165, 1.54) is 4.31 Å². The minimum absolute atomic E-state index is 0.176. The summed E-state index contributed by atoms with van der Waals surface area (Å²) in [5.41, 5.74) is 0.390. The van der Waals surface area contributed by atoms with Crippen molar-refractivity contribution in [2.45, 2.75) is 18.7 Å². The summed E-state index contributed by atoms with van der Waals surface area (Å²) in [6.45, 7) is 6.41. The van der Waals surface area contributed by atoms with E-state index in [2.05, 4.69) is 10.1 Å². The van der Waals surface area contributed by atoms with Gasteiger partial charge < -0.3 is 9.26 Å². The van der Waals surface area contributed by atoms with Gasteiger partial charge in [0.05, 0.1) is 5.02 Å². The van der Waals surface area contributed by atoms with E-state index in [1.54, 1.807) is 32.0 Å². The molecule has 1 aliphatic heterocycles. The van der Waals surface area contributed by atoms with Gasteiger partial charge in [-0.25, -0.2) is 8.42 Å². The number of benzene rings is 1. The highest BCUT2D eigenvalue weighted by molar-refractivity contribution is 7.89. The summed E-state index contributed by atoms with van der Waals surface area (Å²) in [4.78, 5) is 2.33. The molecule has 27 heavy (non-hydrogen) atoms. The summed E-state index contributed by atoms with van der Waals surface area (Å²) in [5, 5.41) is 4.82. The van der Waals surface area contributed by atoms with Gasteiger partial charge in [-0.3, -0.25) is 4.90 Å². The zero-order valence-electron chi connectivity index (χ0n) is 15.1. The molecule has 0 saturated carbocycles. The van der Waals surface area contributed by atoms with Crippen LogP contribution in [0.25, 0.3) is 0 Å². The summed E-state index contributed by atoms with van der Waals surface area (Å²) < 4.78 is 37.8. The molecule has 1 saturated heterocycles. The van der Waals surface area contributed by atoms with Gasteiger partial charge in [-0.15, -0.1) is 0 Å². The van der Waals surface area contributed by atoms with Crippen molar-refractivity contribution in [2.75, 3.05) is 39.3 Å². The molecular formula is C17H21Cl2N3O4S. The molecule has 2 heterocycles. The minimum Gasteiger partial charge on any atom is -0.491 e. The number of halogens is 2. The largest absolute Gasteiger partial charge is 0.491 e. The first-order valence-electron chi connectivity index (χ1n) is 8.52. The van der Waals surface area contributed by atoms with Crippen molar-refractivity contribution in [3.8, 4) is 5.75 Å². The van der Waals surface area contributed by atoms with E-state index in [4.69, 9.17) is 32.5 Å². The van der Waals surface area contributed by atoms with Crippen LogP contribution in [-0.4, -0.2) is 62.1 Å². The molecule has 10 heteroatoms. The van der Waals surface area contributed by atoms with Crippen molar-refractivity contribution in [3.63, 3.8) is 0 Å². The topological polar surface area (TPSA) is 75.9 Å². The fourth-order valence-electron chi connectivity index (χ4n) is 3.04. The first-order chi connectivity index (χ1) is 12.8. The number of aryl methyl sites for hydroxylation is 2. The molecule has 0 amide bonds. The van der Waals surface area contributed by atoms with Crippen LogP contribution >= 0.6 is 23.2 Å². The number of sulfonamides is 1. The second kappa shape index (κ2) is 8.36. The third kappa shape index (κ3) is 4.57. The van der Waals surface area contributed by atoms with Crippen LogP contribution in [0.2, 0.25) is 10.0 Å². The Morgan fingerprint density at radius 2 is 1.89 bits per heavy atom. The number of rotatable bonds is 6. The SMILES string of the molecule is Cc1noc(C)c1S(=O)(=O)N1CCN(CCOc2cc(Cl)ccc2Cl)CC1. The molecule has 7 nitrogen and oxygen atoms in total. The van der Waals surface area contributed by atoms with Crippen LogP contribution in [-0.2, 0) is 10.0 Å². The molecule has 1 aliphatic rings. The Hall–Kier alpha value is -1.32. The highest BCUT2D eigenvalue weighted by Crippen LogP contribution is 2.28. The summed E-state index contributed by atoms with van der Waals surface area (Å²) in [5.74, 6) is 0.866. The number of nitrogens with zero attached hydrogens (tertiary/aromatic N) is 3. The predicted molar refractivity (Wildman–Crippen MR) is 103 cm³/mol. The van der Waals surface area contributed by atoms with Gasteiger partial charge in [0.15, 0.2) is 5.76 Å². The van der Waals surface area contributed by atoms with Gasteiger partial charge in [-0.05, 0) is 26.0 Å². The molecule has 0 spiro atoms. The average molecular weight is 434 g/mol. The van der Waals surface area contributed by atoms with E-state index in [-0.39, 0.29) is 4.90 Å². The summed E-state index contributed by atoms with van der Waals surface area (Å²) in [6.07, 6.45) is 0. The molecule has 0 atom stereocenters. The molecule has 1 aromatic heterocycles. The molecule has 2 aromatic rings. The highest BCUT2D eigenvalue weighted by Gasteiger charge is 2.33. The van der Waals surface area contributed by atoms with Crippen molar-refractivity contribution < 1.29 is 17.7 Å². The van der Waals surface area contributed by atoms with Crippen LogP contribution in [0.15, 0.2) is 27.6 Å². The van der Waals surface area contributed by atoms with Gasteiger partial charge in [0, 0.05) is 43.8 Å². The van der Waals surface area contributed by atoms with Gasteiger partial charge in [-0.1, -0.05) is 28.4 Å². The second-order valence-corrected chi connectivity index (χ2v) is 9.04. The van der Waals surface area contributed by atoms with Crippen molar-refractivity contribution in [1.29, 1.82) is 0 Å². The van der Waals surface area contributed by atoms with Crippen LogP contribution in [0, 0.1) is 13.8 Å². The summed E-state index contributed by atoms with van der Waals surface area (Å²) in [6, 6.07) is 5.07. The lowest BCUT2D eigenvalue weighted by molar-refractivity contribution is 0.159. The lowest BCUT2D eigenvalue weighted by atomic mass is 10.3. The lowest BCUT2D eigenvalue weighted by Gasteiger charge is -2.33. The molecule has 0 bridgehead atoms. The zero-order valence-corrected chi connectivity index (χ0v) is 17.4. The smallest absolute Gasteiger partial charge is 0.248 e. The van der Waals surface area contributed by atoms with Gasteiger partial charge in [0.25, 0.3) is 0 Å². The van der Waals surface area contributed by atoms with E-state index in [9.17, 15) is 8.42 Å². The lowest BCUT2D eigenvalue weighted by Crippen LogP contribution is -2.49. The predicted octanol–water partition coefficient (Wildman–Crippen LogP) is 2.98. The first-order valence-corrected chi connectivity index (χ1v) is 10.7. The van der Waals surface area contributed by atoms with Crippen molar-refractivity contribution in [3.05, 3.63) is 39.7 Å². The van der Waals surface area contributed by atoms with E-state index < -0.39 is 10.0 Å². The Bertz CT molecular complexity index is 889. The van der Waals surface area contributed by atoms with Crippen LogP contribution in [0.5, 0.6) is 5.75 Å². The quantitative estimate of drug-likeness (QED) is 0.696. The van der Waals surface area contributed by atoms with Gasteiger partial charge in [-0.2, -0.15) is 4.31 Å². The highest BCUT2D eigenvalue weighted by atomic mass is 35.5. The molecule has 0 aliphatic carbocycles. The molecule has 0 N–H and O–H groups in total. The van der Waals surface area contributed by atoms with Gasteiger partial charge >= 0.3 is 0 Å². The minimum atomic E-state index is -3.59. The fourth-order valence-corrected chi connectivity index (χ4v) is 5.09. The van der Waals surface area contributed by atoms with E-state index in [0.717, 1.165) is 0 Å². The number of hydrogen-bond donors (Lipinski definition) is 0. The molecule has 1 aromatic carbocycles. The summed E-state index contributed by atoms with van der Waals surface area (Å²) >= 11 is 12.0. The van der Waals surface area contributed by atoms with Crippen LogP contribution in [0.4, 0.5) is 0 Å². The maximum atomic E-state index is 12.8. The Balaban J connectivity index is 1.52. The third-order valence-corrected chi connectivity index (χ3v) is 7.15. The molecule has 3 rings (SSSR count). The van der Waals surface area contributed by atoms with E-state index >= 15 is 0 Å². The van der Waals surface area contributed by atoms with Crippen molar-refractivity contribution >= 4 is 33.2 Å². The Morgan fingerprint density at radius 3 is 2.52 bits per heavy atom. The van der Waals surface area contributed by atoms with Crippen molar-refractivity contribution in [1.82, 2.24) is 14.4 Å². The Kier molecular flexibility index (Phi) is 6.32. The normalized spacial score (nSPS) is 16.6. The zero-order chi connectivity index (χ0) is 19.6. The standard InChI is InChI=1S/C17H21Cl2N3O4S/c1-12-17(13(2)26-20-12)27(23,24)22-7-5-21(6-8-22)9-10-25-16-11-14(18)3-4-15(16)19/h3-4,11H,5-10H2,1-2H3. The average Bonchev–Trinajstić information content (AvgIpc) is 2.97. The van der Waals surface area contributed by atoms with E-state index in [0.29, 0.717) is 66.6 Å². The molecule has 148 valence electrons. The first kappa shape index (κ1) is 20.4. The Morgan fingerprint density at radius 1 is 1.19 bits per heavy atom. The third-order valence-electron chi connectivity index (χ3n) is 4.46. The number of ether oxygens (including phenoxy) is 1. The van der Waals surface area contributed by atoms with Crippen LogP contribution < -0.4 is 4.74 Å².